The Balaban J connectivity index is 0.000000423. The standard InChI is InChI=1S/C17H25N3O3S.C2HF3O2/c1-2-14-3-7-16(8-4-14)24(22,23)20(15-5-6-15)13-17(21)19-11-9-18-10-12-19;3-2(4,5)1(6)7/h3-4,7-8,15,18H,2,5-6,9-13H2,1H3;(H,6,7). The first-order valence-corrected chi connectivity index (χ1v) is 11.3. The molecule has 1 saturated carbocycles. The number of piperazine rings is 1. The van der Waals surface area contributed by atoms with E-state index in [0.29, 0.717) is 13.1 Å². The van der Waals surface area contributed by atoms with Crippen molar-refractivity contribution in [3.63, 3.8) is 0 Å². The molecule has 1 aliphatic heterocycles. The van der Waals surface area contributed by atoms with Gasteiger partial charge in [-0.25, -0.2) is 13.2 Å². The molecule has 1 heterocycles. The van der Waals surface area contributed by atoms with E-state index in [0.717, 1.165) is 37.9 Å². The molecule has 1 aliphatic carbocycles. The molecule has 0 unspecified atom stereocenters. The third-order valence-electron chi connectivity index (χ3n) is 4.90. The second-order valence-electron chi connectivity index (χ2n) is 7.21. The molecule has 0 spiro atoms. The van der Waals surface area contributed by atoms with Crippen molar-refractivity contribution in [3.05, 3.63) is 29.8 Å². The maximum absolute atomic E-state index is 13.0. The molecule has 31 heavy (non-hydrogen) atoms. The Morgan fingerprint density at radius 1 is 1.16 bits per heavy atom. The average Bonchev–Trinajstić information content (AvgIpc) is 3.57. The number of amides is 1. The Hall–Kier alpha value is -2.18. The summed E-state index contributed by atoms with van der Waals surface area (Å²) in [6.07, 6.45) is -2.55. The van der Waals surface area contributed by atoms with Crippen LogP contribution in [0.3, 0.4) is 0 Å². The van der Waals surface area contributed by atoms with Gasteiger partial charge in [-0.2, -0.15) is 17.5 Å². The monoisotopic (exact) mass is 465 g/mol. The molecule has 0 radical (unpaired) electrons. The fourth-order valence-corrected chi connectivity index (χ4v) is 4.59. The van der Waals surface area contributed by atoms with Crippen LogP contribution in [0, 0.1) is 0 Å². The number of hydrogen-bond donors (Lipinski definition) is 2. The average molecular weight is 465 g/mol. The quantitative estimate of drug-likeness (QED) is 0.659. The van der Waals surface area contributed by atoms with E-state index < -0.39 is 22.2 Å². The van der Waals surface area contributed by atoms with Crippen molar-refractivity contribution in [1.82, 2.24) is 14.5 Å². The van der Waals surface area contributed by atoms with Crippen LogP contribution in [0.15, 0.2) is 29.2 Å². The van der Waals surface area contributed by atoms with E-state index in [4.69, 9.17) is 9.90 Å². The van der Waals surface area contributed by atoms with Crippen LogP contribution in [-0.4, -0.2) is 79.5 Å². The molecule has 2 aliphatic rings. The van der Waals surface area contributed by atoms with Gasteiger partial charge in [0.2, 0.25) is 15.9 Å². The van der Waals surface area contributed by atoms with Crippen LogP contribution in [0.5, 0.6) is 0 Å². The Morgan fingerprint density at radius 3 is 2.10 bits per heavy atom. The number of nitrogens with zero attached hydrogens (tertiary/aromatic N) is 2. The first kappa shape index (κ1) is 25.1. The minimum absolute atomic E-state index is 0.0345. The molecule has 1 aromatic carbocycles. The molecule has 3 rings (SSSR count). The van der Waals surface area contributed by atoms with Crippen molar-refractivity contribution in [2.24, 2.45) is 0 Å². The van der Waals surface area contributed by atoms with Crippen molar-refractivity contribution in [1.29, 1.82) is 0 Å². The van der Waals surface area contributed by atoms with Gasteiger partial charge in [-0.15, -0.1) is 0 Å². The van der Waals surface area contributed by atoms with E-state index >= 15 is 0 Å². The number of nitrogens with one attached hydrogen (secondary N) is 1. The van der Waals surface area contributed by atoms with E-state index in [1.54, 1.807) is 17.0 Å². The number of rotatable bonds is 6. The zero-order valence-corrected chi connectivity index (χ0v) is 17.9. The fraction of sp³-hybridized carbons (Fsp3) is 0.579. The minimum atomic E-state index is -5.08. The fourth-order valence-electron chi connectivity index (χ4n) is 2.95. The van der Waals surface area contributed by atoms with E-state index in [1.165, 1.54) is 4.31 Å². The number of carbonyl (C=O) groups is 2. The summed E-state index contributed by atoms with van der Waals surface area (Å²) >= 11 is 0. The second kappa shape index (κ2) is 10.4. The van der Waals surface area contributed by atoms with E-state index in [1.807, 2.05) is 19.1 Å². The highest BCUT2D eigenvalue weighted by Crippen LogP contribution is 2.32. The molecule has 0 atom stereocenters. The Labute approximate surface area is 179 Å². The van der Waals surface area contributed by atoms with Crippen LogP contribution in [-0.2, 0) is 26.0 Å². The predicted molar refractivity (Wildman–Crippen MR) is 106 cm³/mol. The maximum atomic E-state index is 13.0. The molecule has 1 aromatic rings. The molecule has 0 bridgehead atoms. The summed E-state index contributed by atoms with van der Waals surface area (Å²) in [6, 6.07) is 6.96. The van der Waals surface area contributed by atoms with Crippen LogP contribution < -0.4 is 5.32 Å². The van der Waals surface area contributed by atoms with Crippen LogP contribution in [0.1, 0.15) is 25.3 Å². The summed E-state index contributed by atoms with van der Waals surface area (Å²) in [6.45, 7) is 4.79. The smallest absolute Gasteiger partial charge is 0.475 e. The van der Waals surface area contributed by atoms with Gasteiger partial charge in [0.05, 0.1) is 11.4 Å². The molecule has 12 heteroatoms. The van der Waals surface area contributed by atoms with Crippen molar-refractivity contribution in [3.8, 4) is 0 Å². The van der Waals surface area contributed by atoms with Crippen molar-refractivity contribution < 1.29 is 36.3 Å². The van der Waals surface area contributed by atoms with Gasteiger partial charge in [-0.3, -0.25) is 4.79 Å². The molecule has 174 valence electrons. The minimum Gasteiger partial charge on any atom is -0.475 e. The number of carboxylic acid groups (broad SMARTS) is 1. The van der Waals surface area contributed by atoms with Gasteiger partial charge in [-0.1, -0.05) is 19.1 Å². The topological polar surface area (TPSA) is 107 Å². The third kappa shape index (κ3) is 7.18. The number of halogens is 3. The zero-order valence-electron chi connectivity index (χ0n) is 17.1. The predicted octanol–water partition coefficient (Wildman–Crippen LogP) is 1.47. The highest BCUT2D eigenvalue weighted by Gasteiger charge is 2.40. The molecule has 0 aromatic heterocycles. The van der Waals surface area contributed by atoms with Crippen molar-refractivity contribution in [2.45, 2.75) is 43.3 Å². The molecule has 1 saturated heterocycles. The largest absolute Gasteiger partial charge is 0.490 e. The summed E-state index contributed by atoms with van der Waals surface area (Å²) in [7, 11) is -3.63. The lowest BCUT2D eigenvalue weighted by Gasteiger charge is -2.30. The zero-order chi connectivity index (χ0) is 23.2. The summed E-state index contributed by atoms with van der Waals surface area (Å²) in [5, 5.41) is 10.3. The van der Waals surface area contributed by atoms with Crippen molar-refractivity contribution >= 4 is 21.9 Å². The molecule has 2 N–H and O–H groups in total. The maximum Gasteiger partial charge on any atom is 0.490 e. The lowest BCUT2D eigenvalue weighted by molar-refractivity contribution is -0.192. The molecule has 1 amide bonds. The van der Waals surface area contributed by atoms with Gasteiger partial charge in [0.1, 0.15) is 0 Å². The Kier molecular flexibility index (Phi) is 8.43. The first-order valence-electron chi connectivity index (χ1n) is 9.86. The summed E-state index contributed by atoms with van der Waals surface area (Å²) < 4.78 is 59.1. The number of hydrogen-bond acceptors (Lipinski definition) is 5. The number of alkyl halides is 3. The molecule has 2 fully saturated rings. The summed E-state index contributed by atoms with van der Waals surface area (Å²) in [5.74, 6) is -2.86. The van der Waals surface area contributed by atoms with Gasteiger partial charge in [0.15, 0.2) is 0 Å². The SMILES string of the molecule is CCc1ccc(S(=O)(=O)N(CC(=O)N2CCNCC2)C2CC2)cc1.O=C(O)C(F)(F)F. The van der Waals surface area contributed by atoms with Crippen LogP contribution in [0.2, 0.25) is 0 Å². The normalized spacial score (nSPS) is 17.1. The molecular formula is C19H26F3N3O5S. The van der Waals surface area contributed by atoms with Gasteiger partial charge in [0.25, 0.3) is 0 Å². The Bertz CT molecular complexity index is 865. The third-order valence-corrected chi connectivity index (χ3v) is 6.81. The number of benzene rings is 1. The van der Waals surface area contributed by atoms with Gasteiger partial charge in [0, 0.05) is 32.2 Å². The van der Waals surface area contributed by atoms with E-state index in [-0.39, 0.29) is 23.4 Å². The number of carbonyl (C=O) groups excluding carboxylic acids is 1. The number of aryl methyl sites for hydroxylation is 1. The second-order valence-corrected chi connectivity index (χ2v) is 9.10. The molecule has 8 nitrogen and oxygen atoms in total. The molecular weight excluding hydrogens is 439 g/mol. The van der Waals surface area contributed by atoms with Crippen LogP contribution in [0.4, 0.5) is 13.2 Å². The van der Waals surface area contributed by atoms with Gasteiger partial charge in [-0.05, 0) is 37.0 Å². The van der Waals surface area contributed by atoms with Gasteiger partial charge < -0.3 is 15.3 Å². The Morgan fingerprint density at radius 2 is 1.68 bits per heavy atom. The van der Waals surface area contributed by atoms with Crippen LogP contribution in [0.25, 0.3) is 0 Å². The summed E-state index contributed by atoms with van der Waals surface area (Å²) in [4.78, 5) is 23.4. The first-order chi connectivity index (χ1) is 14.5. The van der Waals surface area contributed by atoms with Crippen LogP contribution >= 0.6 is 0 Å². The number of sulfonamides is 1. The van der Waals surface area contributed by atoms with Crippen molar-refractivity contribution in [2.75, 3.05) is 32.7 Å². The van der Waals surface area contributed by atoms with E-state index in [2.05, 4.69) is 5.32 Å². The number of carboxylic acids is 1. The van der Waals surface area contributed by atoms with E-state index in [9.17, 15) is 26.4 Å². The number of aliphatic carboxylic acids is 1. The highest BCUT2D eigenvalue weighted by molar-refractivity contribution is 7.89. The lowest BCUT2D eigenvalue weighted by atomic mass is 10.2. The lowest BCUT2D eigenvalue weighted by Crippen LogP contribution is -2.50. The summed E-state index contributed by atoms with van der Waals surface area (Å²) in [5.41, 5.74) is 1.10. The highest BCUT2D eigenvalue weighted by atomic mass is 32.2. The van der Waals surface area contributed by atoms with Gasteiger partial charge >= 0.3 is 12.1 Å².